The van der Waals surface area contributed by atoms with E-state index in [9.17, 15) is 0 Å². The van der Waals surface area contributed by atoms with Crippen molar-refractivity contribution in [2.45, 2.75) is 19.8 Å². The summed E-state index contributed by atoms with van der Waals surface area (Å²) in [5.74, 6) is 0.518. The molecule has 0 aliphatic heterocycles. The van der Waals surface area contributed by atoms with Crippen molar-refractivity contribution in [3.05, 3.63) is 28.2 Å². The molecule has 0 saturated carbocycles. The lowest BCUT2D eigenvalue weighted by Gasteiger charge is -2.05. The van der Waals surface area contributed by atoms with Crippen LogP contribution in [-0.4, -0.2) is 4.98 Å². The highest BCUT2D eigenvalue weighted by Gasteiger charge is 2.06. The third kappa shape index (κ3) is 1.56. The quantitative estimate of drug-likeness (QED) is 0.693. The Morgan fingerprint density at radius 2 is 2.15 bits per heavy atom. The highest BCUT2D eigenvalue weighted by atomic mass is 35.5. The smallest absolute Gasteiger partial charge is 0.0998 e. The number of hydrogen-bond donors (Lipinski definition) is 0. The highest BCUT2D eigenvalue weighted by Crippen LogP contribution is 2.29. The molecule has 0 amide bonds. The van der Waals surface area contributed by atoms with E-state index in [-0.39, 0.29) is 0 Å². The second-order valence-corrected chi connectivity index (χ2v) is 4.65. The van der Waals surface area contributed by atoms with E-state index in [0.717, 1.165) is 10.5 Å². The maximum absolute atomic E-state index is 6.09. The molecule has 3 heteroatoms. The van der Waals surface area contributed by atoms with E-state index < -0.39 is 0 Å². The van der Waals surface area contributed by atoms with E-state index in [1.807, 2.05) is 11.6 Å². The number of thiazole rings is 1. The second kappa shape index (κ2) is 3.28. The summed E-state index contributed by atoms with van der Waals surface area (Å²) < 4.78 is 1.18. The predicted octanol–water partition coefficient (Wildman–Crippen LogP) is 4.07. The minimum atomic E-state index is 0.518. The van der Waals surface area contributed by atoms with E-state index in [1.165, 1.54) is 10.3 Å². The maximum Gasteiger partial charge on any atom is 0.0998 e. The summed E-state index contributed by atoms with van der Waals surface area (Å²) in [6.45, 7) is 4.33. The van der Waals surface area contributed by atoms with Crippen LogP contribution < -0.4 is 0 Å². The van der Waals surface area contributed by atoms with Gasteiger partial charge < -0.3 is 0 Å². The molecule has 0 spiro atoms. The van der Waals surface area contributed by atoms with Gasteiger partial charge in [-0.25, -0.2) is 4.98 Å². The Bertz CT molecular complexity index is 433. The van der Waals surface area contributed by atoms with Crippen LogP contribution >= 0.6 is 22.9 Å². The molecular formula is C10H10ClNS. The number of benzene rings is 1. The molecule has 0 unspecified atom stereocenters. The molecule has 0 bridgehead atoms. The Hall–Kier alpha value is -0.600. The van der Waals surface area contributed by atoms with Crippen molar-refractivity contribution in [3.8, 4) is 0 Å². The molecule has 2 rings (SSSR count). The molecule has 0 fully saturated rings. The highest BCUT2D eigenvalue weighted by molar-refractivity contribution is 7.16. The second-order valence-electron chi connectivity index (χ2n) is 3.36. The van der Waals surface area contributed by atoms with Crippen LogP contribution in [0.2, 0.25) is 5.02 Å². The van der Waals surface area contributed by atoms with E-state index >= 15 is 0 Å². The molecule has 68 valence electrons. The summed E-state index contributed by atoms with van der Waals surface area (Å²) in [6, 6.07) is 4.18. The average Bonchev–Trinajstić information content (AvgIpc) is 2.51. The number of halogens is 1. The molecule has 13 heavy (non-hydrogen) atoms. The molecule has 1 nitrogen and oxygen atoms in total. The Balaban J connectivity index is 2.70. The normalized spacial score (nSPS) is 11.4. The van der Waals surface area contributed by atoms with Crippen molar-refractivity contribution in [2.24, 2.45) is 0 Å². The molecule has 0 saturated heterocycles. The topological polar surface area (TPSA) is 12.9 Å². The van der Waals surface area contributed by atoms with Crippen LogP contribution in [0.1, 0.15) is 25.3 Å². The monoisotopic (exact) mass is 211 g/mol. The summed E-state index contributed by atoms with van der Waals surface area (Å²) in [5.41, 5.74) is 4.04. The zero-order valence-electron chi connectivity index (χ0n) is 7.54. The lowest BCUT2D eigenvalue weighted by Crippen LogP contribution is -1.86. The number of rotatable bonds is 1. The Morgan fingerprint density at radius 3 is 2.85 bits per heavy atom. The van der Waals surface area contributed by atoms with E-state index in [0.29, 0.717) is 5.92 Å². The summed E-state index contributed by atoms with van der Waals surface area (Å²) in [4.78, 5) is 4.21. The SMILES string of the molecule is CC(C)c1cc(Cl)c2ncsc2c1. The van der Waals surface area contributed by atoms with Crippen molar-refractivity contribution >= 4 is 33.2 Å². The number of aromatic nitrogens is 1. The minimum Gasteiger partial charge on any atom is -0.243 e. The molecule has 1 aromatic carbocycles. The van der Waals surface area contributed by atoms with Crippen LogP contribution in [0, 0.1) is 0 Å². The van der Waals surface area contributed by atoms with Gasteiger partial charge in [0, 0.05) is 0 Å². The van der Waals surface area contributed by atoms with Crippen LogP contribution in [0.4, 0.5) is 0 Å². The van der Waals surface area contributed by atoms with Gasteiger partial charge in [-0.3, -0.25) is 0 Å². The number of hydrogen-bond acceptors (Lipinski definition) is 2. The van der Waals surface area contributed by atoms with Gasteiger partial charge in [0.25, 0.3) is 0 Å². The van der Waals surface area contributed by atoms with E-state index in [2.05, 4.69) is 24.9 Å². The van der Waals surface area contributed by atoms with Gasteiger partial charge in [-0.1, -0.05) is 25.4 Å². The van der Waals surface area contributed by atoms with Gasteiger partial charge in [-0.15, -0.1) is 11.3 Å². The third-order valence-corrected chi connectivity index (χ3v) is 3.14. The van der Waals surface area contributed by atoms with Gasteiger partial charge in [0.2, 0.25) is 0 Å². The standard InChI is InChI=1S/C10H10ClNS/c1-6(2)7-3-8(11)10-9(4-7)13-5-12-10/h3-6H,1-2H3. The van der Waals surface area contributed by atoms with Crippen molar-refractivity contribution < 1.29 is 0 Å². The molecule has 0 radical (unpaired) electrons. The predicted molar refractivity (Wildman–Crippen MR) is 58.7 cm³/mol. The first-order chi connectivity index (χ1) is 6.18. The third-order valence-electron chi connectivity index (χ3n) is 2.08. The van der Waals surface area contributed by atoms with Crippen LogP contribution in [0.5, 0.6) is 0 Å². The molecule has 0 atom stereocenters. The van der Waals surface area contributed by atoms with E-state index in [1.54, 1.807) is 11.3 Å². The lowest BCUT2D eigenvalue weighted by molar-refractivity contribution is 0.869. The fraction of sp³-hybridized carbons (Fsp3) is 0.300. The zero-order valence-corrected chi connectivity index (χ0v) is 9.12. The number of fused-ring (bicyclic) bond motifs is 1. The van der Waals surface area contributed by atoms with Gasteiger partial charge in [-0.2, -0.15) is 0 Å². The zero-order chi connectivity index (χ0) is 9.42. The molecular weight excluding hydrogens is 202 g/mol. The Kier molecular flexibility index (Phi) is 2.26. The van der Waals surface area contributed by atoms with Gasteiger partial charge in [0.1, 0.15) is 0 Å². The van der Waals surface area contributed by atoms with Gasteiger partial charge in [-0.05, 0) is 23.6 Å². The van der Waals surface area contributed by atoms with Crippen LogP contribution in [0.3, 0.4) is 0 Å². The Labute approximate surface area is 86.4 Å². The van der Waals surface area contributed by atoms with Crippen molar-refractivity contribution in [3.63, 3.8) is 0 Å². The average molecular weight is 212 g/mol. The molecule has 0 N–H and O–H groups in total. The van der Waals surface area contributed by atoms with E-state index in [4.69, 9.17) is 11.6 Å². The summed E-state index contributed by atoms with van der Waals surface area (Å²) in [5, 5.41) is 0.766. The maximum atomic E-state index is 6.09. The number of nitrogens with zero attached hydrogens (tertiary/aromatic N) is 1. The van der Waals surface area contributed by atoms with Gasteiger partial charge >= 0.3 is 0 Å². The first-order valence-corrected chi connectivity index (χ1v) is 5.47. The van der Waals surface area contributed by atoms with Crippen LogP contribution in [0.15, 0.2) is 17.6 Å². The van der Waals surface area contributed by atoms with Crippen LogP contribution in [0.25, 0.3) is 10.2 Å². The molecule has 0 aliphatic carbocycles. The fourth-order valence-corrected chi connectivity index (χ4v) is 2.36. The van der Waals surface area contributed by atoms with Gasteiger partial charge in [0.05, 0.1) is 20.7 Å². The molecule has 0 aliphatic rings. The summed E-state index contributed by atoms with van der Waals surface area (Å²) >= 11 is 7.73. The largest absolute Gasteiger partial charge is 0.243 e. The fourth-order valence-electron chi connectivity index (χ4n) is 1.28. The molecule has 1 aromatic heterocycles. The lowest BCUT2D eigenvalue weighted by atomic mass is 10.0. The minimum absolute atomic E-state index is 0.518. The van der Waals surface area contributed by atoms with Crippen molar-refractivity contribution in [1.82, 2.24) is 4.98 Å². The summed E-state index contributed by atoms with van der Waals surface area (Å²) in [6.07, 6.45) is 0. The van der Waals surface area contributed by atoms with Crippen molar-refractivity contribution in [1.29, 1.82) is 0 Å². The first-order valence-electron chi connectivity index (χ1n) is 4.21. The summed E-state index contributed by atoms with van der Waals surface area (Å²) in [7, 11) is 0. The molecule has 2 aromatic rings. The van der Waals surface area contributed by atoms with Gasteiger partial charge in [0.15, 0.2) is 0 Å². The Morgan fingerprint density at radius 1 is 1.38 bits per heavy atom. The molecule has 1 heterocycles. The van der Waals surface area contributed by atoms with Crippen LogP contribution in [-0.2, 0) is 0 Å². The van der Waals surface area contributed by atoms with Crippen molar-refractivity contribution in [2.75, 3.05) is 0 Å². The first kappa shape index (κ1) is 8.97.